The number of nitrogens with one attached hydrogen (secondary N) is 1. The zero-order valence-corrected chi connectivity index (χ0v) is 12.6. The average molecular weight is 289 g/mol. The van der Waals surface area contributed by atoms with Crippen molar-refractivity contribution in [3.63, 3.8) is 0 Å². The summed E-state index contributed by atoms with van der Waals surface area (Å²) in [5, 5.41) is 2.76. The summed E-state index contributed by atoms with van der Waals surface area (Å²) < 4.78 is 10.0. The second-order valence-electron chi connectivity index (χ2n) is 5.40. The van der Waals surface area contributed by atoms with Gasteiger partial charge in [0, 0.05) is 17.2 Å². The molecule has 5 heteroatoms. The molecule has 0 heterocycles. The normalized spacial score (nSPS) is 10.4. The zero-order valence-electron chi connectivity index (χ0n) is 12.6. The lowest BCUT2D eigenvalue weighted by Gasteiger charge is -2.18. The molecule has 0 unspecified atom stereocenters. The third-order valence-corrected chi connectivity index (χ3v) is 2.64. The lowest BCUT2D eigenvalue weighted by Crippen LogP contribution is -2.27. The van der Waals surface area contributed by atoms with Crippen LogP contribution in [0.4, 0.5) is 5.69 Å². The van der Waals surface area contributed by atoms with Gasteiger partial charge in [-0.3, -0.25) is 4.79 Å². The molecule has 1 amide bonds. The third kappa shape index (κ3) is 4.53. The topological polar surface area (TPSA) is 64.6 Å². The Balaban J connectivity index is 3.07. The van der Waals surface area contributed by atoms with E-state index in [4.69, 9.17) is 11.2 Å². The van der Waals surface area contributed by atoms with Gasteiger partial charge in [0.15, 0.2) is 0 Å². The molecule has 0 bridgehead atoms. The van der Waals surface area contributed by atoms with E-state index in [0.717, 1.165) is 0 Å². The van der Waals surface area contributed by atoms with Gasteiger partial charge in [-0.2, -0.15) is 0 Å². The van der Waals surface area contributed by atoms with E-state index in [1.807, 2.05) is 0 Å². The van der Waals surface area contributed by atoms with Gasteiger partial charge in [-0.15, -0.1) is 6.42 Å². The first-order valence-corrected chi connectivity index (χ1v) is 6.39. The second kappa shape index (κ2) is 6.80. The minimum Gasteiger partial charge on any atom is -0.480 e. The van der Waals surface area contributed by atoms with E-state index >= 15 is 0 Å². The largest absolute Gasteiger partial charge is 0.480 e. The number of methoxy groups -OCH3 is 1. The molecule has 1 rings (SSSR count). The monoisotopic (exact) mass is 289 g/mol. The highest BCUT2D eigenvalue weighted by molar-refractivity contribution is 5.97. The van der Waals surface area contributed by atoms with Crippen LogP contribution in [0.25, 0.3) is 0 Å². The lowest BCUT2D eigenvalue weighted by atomic mass is 9.95. The van der Waals surface area contributed by atoms with Gasteiger partial charge in [-0.1, -0.05) is 26.7 Å². The Labute approximate surface area is 124 Å². The maximum absolute atomic E-state index is 12.0. The molecule has 0 spiro atoms. The number of terminal acetylenes is 1. The van der Waals surface area contributed by atoms with Crippen molar-refractivity contribution < 1.29 is 19.1 Å². The van der Waals surface area contributed by atoms with Crippen LogP contribution in [0.3, 0.4) is 0 Å². The fraction of sp³-hybridized carbons (Fsp3) is 0.375. The SMILES string of the molecule is C#CCOc1cc(NC(=O)C(C)(C)C)ccc1C(=O)OC. The molecule has 1 aromatic rings. The Hall–Kier alpha value is -2.48. The van der Waals surface area contributed by atoms with E-state index in [9.17, 15) is 9.59 Å². The van der Waals surface area contributed by atoms with Crippen LogP contribution in [-0.4, -0.2) is 25.6 Å². The van der Waals surface area contributed by atoms with E-state index in [1.165, 1.54) is 13.2 Å². The molecule has 21 heavy (non-hydrogen) atoms. The Kier molecular flexibility index (Phi) is 5.37. The highest BCUT2D eigenvalue weighted by atomic mass is 16.5. The number of amides is 1. The predicted octanol–water partition coefficient (Wildman–Crippen LogP) is 2.47. The number of hydrogen-bond donors (Lipinski definition) is 1. The summed E-state index contributed by atoms with van der Waals surface area (Å²) in [6, 6.07) is 4.68. The summed E-state index contributed by atoms with van der Waals surface area (Å²) in [5.74, 6) is 1.92. The Morgan fingerprint density at radius 2 is 2.00 bits per heavy atom. The van der Waals surface area contributed by atoms with Gasteiger partial charge in [-0.05, 0) is 12.1 Å². The number of hydrogen-bond acceptors (Lipinski definition) is 4. The zero-order chi connectivity index (χ0) is 16.0. The number of ether oxygens (including phenoxy) is 2. The van der Waals surface area contributed by atoms with Crippen molar-refractivity contribution in [2.24, 2.45) is 5.41 Å². The molecule has 0 aliphatic heterocycles. The Morgan fingerprint density at radius 1 is 1.33 bits per heavy atom. The molecule has 0 aromatic heterocycles. The molecule has 0 fully saturated rings. The van der Waals surface area contributed by atoms with E-state index in [1.54, 1.807) is 32.9 Å². The van der Waals surface area contributed by atoms with Gasteiger partial charge in [0.1, 0.15) is 17.9 Å². The van der Waals surface area contributed by atoms with E-state index < -0.39 is 11.4 Å². The molecule has 0 aliphatic rings. The molecular weight excluding hydrogens is 270 g/mol. The van der Waals surface area contributed by atoms with Crippen molar-refractivity contribution in [3.8, 4) is 18.1 Å². The first-order valence-electron chi connectivity index (χ1n) is 6.39. The first-order chi connectivity index (χ1) is 9.79. The fourth-order valence-electron chi connectivity index (χ4n) is 1.44. The number of rotatable bonds is 4. The van der Waals surface area contributed by atoms with Gasteiger partial charge in [0.25, 0.3) is 0 Å². The number of carbonyl (C=O) groups excluding carboxylic acids is 2. The van der Waals surface area contributed by atoms with Crippen LogP contribution in [-0.2, 0) is 9.53 Å². The molecule has 1 N–H and O–H groups in total. The number of anilines is 1. The lowest BCUT2D eigenvalue weighted by molar-refractivity contribution is -0.123. The molecule has 1 aromatic carbocycles. The number of carbonyl (C=O) groups is 2. The van der Waals surface area contributed by atoms with Gasteiger partial charge < -0.3 is 14.8 Å². The third-order valence-electron chi connectivity index (χ3n) is 2.64. The smallest absolute Gasteiger partial charge is 0.341 e. The summed E-state index contributed by atoms with van der Waals surface area (Å²) >= 11 is 0. The van der Waals surface area contributed by atoms with Crippen molar-refractivity contribution >= 4 is 17.6 Å². The standard InChI is InChI=1S/C16H19NO4/c1-6-9-21-13-10-11(17-15(19)16(2,3)4)7-8-12(13)14(18)20-5/h1,7-8,10H,9H2,2-5H3,(H,17,19). The first kappa shape index (κ1) is 16.6. The van der Waals surface area contributed by atoms with Crippen molar-refractivity contribution in [1.82, 2.24) is 0 Å². The quantitative estimate of drug-likeness (QED) is 0.683. The molecule has 0 saturated heterocycles. The fourth-order valence-corrected chi connectivity index (χ4v) is 1.44. The van der Waals surface area contributed by atoms with Gasteiger partial charge in [-0.25, -0.2) is 4.79 Å². The van der Waals surface area contributed by atoms with E-state index in [0.29, 0.717) is 5.69 Å². The van der Waals surface area contributed by atoms with Crippen molar-refractivity contribution in [2.45, 2.75) is 20.8 Å². The number of benzene rings is 1. The van der Waals surface area contributed by atoms with Crippen LogP contribution < -0.4 is 10.1 Å². The van der Waals surface area contributed by atoms with Gasteiger partial charge in [0.2, 0.25) is 5.91 Å². The van der Waals surface area contributed by atoms with Crippen LogP contribution >= 0.6 is 0 Å². The Morgan fingerprint density at radius 3 is 2.52 bits per heavy atom. The van der Waals surface area contributed by atoms with Crippen LogP contribution in [0.15, 0.2) is 18.2 Å². The molecule has 5 nitrogen and oxygen atoms in total. The summed E-state index contributed by atoms with van der Waals surface area (Å²) in [7, 11) is 1.28. The maximum atomic E-state index is 12.0. The van der Waals surface area contributed by atoms with Crippen molar-refractivity contribution in [1.29, 1.82) is 0 Å². The summed E-state index contributed by atoms with van der Waals surface area (Å²) in [4.78, 5) is 23.6. The average Bonchev–Trinajstić information content (AvgIpc) is 2.43. The minimum atomic E-state index is -0.532. The van der Waals surface area contributed by atoms with Crippen LogP contribution in [0.1, 0.15) is 31.1 Å². The van der Waals surface area contributed by atoms with Crippen molar-refractivity contribution in [2.75, 3.05) is 19.0 Å². The molecule has 0 aliphatic carbocycles. The van der Waals surface area contributed by atoms with E-state index in [-0.39, 0.29) is 23.8 Å². The Bertz CT molecular complexity index is 579. The van der Waals surface area contributed by atoms with Crippen molar-refractivity contribution in [3.05, 3.63) is 23.8 Å². The molecule has 112 valence electrons. The van der Waals surface area contributed by atoms with Crippen LogP contribution in [0, 0.1) is 17.8 Å². The highest BCUT2D eigenvalue weighted by Gasteiger charge is 2.22. The summed E-state index contributed by atoms with van der Waals surface area (Å²) in [5.41, 5.74) is 0.247. The molecular formula is C16H19NO4. The van der Waals surface area contributed by atoms with Crippen LogP contribution in [0.2, 0.25) is 0 Å². The van der Waals surface area contributed by atoms with Crippen LogP contribution in [0.5, 0.6) is 5.75 Å². The second-order valence-corrected chi connectivity index (χ2v) is 5.40. The maximum Gasteiger partial charge on any atom is 0.341 e. The summed E-state index contributed by atoms with van der Waals surface area (Å²) in [6.45, 7) is 5.43. The van der Waals surface area contributed by atoms with Gasteiger partial charge in [0.05, 0.1) is 7.11 Å². The molecule has 0 radical (unpaired) electrons. The molecule has 0 atom stereocenters. The summed E-state index contributed by atoms with van der Waals surface area (Å²) in [6.07, 6.45) is 5.15. The molecule has 0 saturated carbocycles. The highest BCUT2D eigenvalue weighted by Crippen LogP contribution is 2.26. The van der Waals surface area contributed by atoms with E-state index in [2.05, 4.69) is 16.0 Å². The number of esters is 1. The van der Waals surface area contributed by atoms with Gasteiger partial charge >= 0.3 is 5.97 Å². The predicted molar refractivity (Wildman–Crippen MR) is 80.2 cm³/mol. The minimum absolute atomic E-state index is 0.0145.